The third-order valence-electron chi connectivity index (χ3n) is 1.95. The molecule has 1 heterocycles. The van der Waals surface area contributed by atoms with Gasteiger partial charge in [0.25, 0.3) is 0 Å². The summed E-state index contributed by atoms with van der Waals surface area (Å²) < 4.78 is 0. The number of hydrogen-bond donors (Lipinski definition) is 2. The fourth-order valence-electron chi connectivity index (χ4n) is 1.25. The number of phenols is 1. The second-order valence-corrected chi connectivity index (χ2v) is 2.98. The summed E-state index contributed by atoms with van der Waals surface area (Å²) in [6, 6.07) is 9.65. The molecule has 0 bridgehead atoms. The summed E-state index contributed by atoms with van der Waals surface area (Å²) in [7, 11) is 0. The highest BCUT2D eigenvalue weighted by atomic mass is 16.3. The fourth-order valence-corrected chi connectivity index (χ4v) is 1.25. The molecule has 0 aliphatic rings. The van der Waals surface area contributed by atoms with E-state index in [4.69, 9.17) is 5.11 Å². The summed E-state index contributed by atoms with van der Waals surface area (Å²) in [5.41, 5.74) is 1.59. The molecule has 3 heteroatoms. The van der Waals surface area contributed by atoms with Crippen LogP contribution in [0, 0.1) is 0 Å². The first-order valence-electron chi connectivity index (χ1n) is 4.24. The molecule has 0 saturated carbocycles. The molecule has 0 fully saturated rings. The van der Waals surface area contributed by atoms with Crippen molar-refractivity contribution in [2.45, 2.75) is 0 Å². The average molecular weight is 187 g/mol. The molecule has 0 saturated heterocycles. The number of phenolic OH excluding ortho intramolecular Hbond substituents is 1. The van der Waals surface area contributed by atoms with Crippen molar-refractivity contribution in [2.75, 3.05) is 0 Å². The van der Waals surface area contributed by atoms with Gasteiger partial charge < -0.3 is 10.1 Å². The molecule has 2 N–H and O–H groups in total. The lowest BCUT2D eigenvalue weighted by atomic mass is 10.1. The van der Waals surface area contributed by atoms with Crippen molar-refractivity contribution in [1.29, 1.82) is 0 Å². The van der Waals surface area contributed by atoms with Crippen LogP contribution in [0.5, 0.6) is 5.75 Å². The van der Waals surface area contributed by atoms with Gasteiger partial charge in [0.15, 0.2) is 5.43 Å². The van der Waals surface area contributed by atoms with E-state index in [1.54, 1.807) is 30.5 Å². The van der Waals surface area contributed by atoms with E-state index in [0.29, 0.717) is 0 Å². The molecule has 1 aromatic carbocycles. The first-order valence-corrected chi connectivity index (χ1v) is 4.24. The molecule has 1 aromatic heterocycles. The highest BCUT2D eigenvalue weighted by Gasteiger charge is 1.97. The molecule has 2 aromatic rings. The average Bonchev–Trinajstić information content (AvgIpc) is 2.19. The zero-order chi connectivity index (χ0) is 9.97. The number of benzene rings is 1. The van der Waals surface area contributed by atoms with Gasteiger partial charge in [-0.2, -0.15) is 0 Å². The van der Waals surface area contributed by atoms with Gasteiger partial charge in [0, 0.05) is 24.0 Å². The molecule has 2 rings (SSSR count). The predicted octanol–water partition coefficient (Wildman–Crippen LogP) is 1.75. The Labute approximate surface area is 80.7 Å². The van der Waals surface area contributed by atoms with Gasteiger partial charge in [-0.15, -0.1) is 0 Å². The normalized spacial score (nSPS) is 10.0. The zero-order valence-electron chi connectivity index (χ0n) is 7.40. The Morgan fingerprint density at radius 3 is 2.43 bits per heavy atom. The lowest BCUT2D eigenvalue weighted by Crippen LogP contribution is -1.97. The van der Waals surface area contributed by atoms with Gasteiger partial charge in [0.05, 0.1) is 0 Å². The van der Waals surface area contributed by atoms with E-state index in [1.165, 1.54) is 12.1 Å². The zero-order valence-corrected chi connectivity index (χ0v) is 7.40. The molecular weight excluding hydrogens is 178 g/mol. The monoisotopic (exact) mass is 187 g/mol. The molecule has 0 amide bonds. The van der Waals surface area contributed by atoms with Crippen molar-refractivity contribution in [3.63, 3.8) is 0 Å². The standard InChI is InChI=1S/C11H9NO2/c13-9-3-1-8(2-4-9)11-7-10(14)5-6-12-11/h1-7,13H,(H,12,14). The molecule has 14 heavy (non-hydrogen) atoms. The van der Waals surface area contributed by atoms with Crippen LogP contribution in [0.3, 0.4) is 0 Å². The van der Waals surface area contributed by atoms with Crippen LogP contribution in [-0.2, 0) is 0 Å². The Hall–Kier alpha value is -2.03. The summed E-state index contributed by atoms with van der Waals surface area (Å²) in [5, 5.41) is 9.09. The molecule has 0 aliphatic heterocycles. The molecule has 0 aliphatic carbocycles. The van der Waals surface area contributed by atoms with Crippen molar-refractivity contribution in [2.24, 2.45) is 0 Å². The fraction of sp³-hybridized carbons (Fsp3) is 0. The minimum Gasteiger partial charge on any atom is -0.508 e. The summed E-state index contributed by atoms with van der Waals surface area (Å²) in [6.45, 7) is 0. The van der Waals surface area contributed by atoms with Gasteiger partial charge in [0.2, 0.25) is 0 Å². The maximum absolute atomic E-state index is 11.1. The molecular formula is C11H9NO2. The highest BCUT2D eigenvalue weighted by Crippen LogP contribution is 2.18. The van der Waals surface area contributed by atoms with E-state index >= 15 is 0 Å². The minimum absolute atomic E-state index is 0.0353. The van der Waals surface area contributed by atoms with E-state index in [9.17, 15) is 4.79 Å². The van der Waals surface area contributed by atoms with Gasteiger partial charge in [-0.05, 0) is 29.8 Å². The van der Waals surface area contributed by atoms with E-state index in [0.717, 1.165) is 11.3 Å². The highest BCUT2D eigenvalue weighted by molar-refractivity contribution is 5.59. The molecule has 0 spiro atoms. The number of rotatable bonds is 1. The van der Waals surface area contributed by atoms with Gasteiger partial charge in [-0.25, -0.2) is 0 Å². The van der Waals surface area contributed by atoms with E-state index < -0.39 is 0 Å². The molecule has 3 nitrogen and oxygen atoms in total. The van der Waals surface area contributed by atoms with Gasteiger partial charge >= 0.3 is 0 Å². The second-order valence-electron chi connectivity index (χ2n) is 2.98. The van der Waals surface area contributed by atoms with E-state index in [1.807, 2.05) is 0 Å². The van der Waals surface area contributed by atoms with Crippen molar-refractivity contribution >= 4 is 0 Å². The molecule has 0 atom stereocenters. The number of nitrogens with one attached hydrogen (secondary N) is 1. The Kier molecular flexibility index (Phi) is 2.07. The third kappa shape index (κ3) is 1.66. The minimum atomic E-state index is -0.0353. The smallest absolute Gasteiger partial charge is 0.182 e. The Balaban J connectivity index is 2.50. The van der Waals surface area contributed by atoms with Gasteiger partial charge in [0.1, 0.15) is 5.75 Å². The topological polar surface area (TPSA) is 53.1 Å². The lowest BCUT2D eigenvalue weighted by Gasteiger charge is -2.00. The molecule has 0 radical (unpaired) electrons. The van der Waals surface area contributed by atoms with Crippen LogP contribution in [-0.4, -0.2) is 10.1 Å². The number of aromatic hydroxyl groups is 1. The van der Waals surface area contributed by atoms with E-state index in [2.05, 4.69) is 4.98 Å². The van der Waals surface area contributed by atoms with Gasteiger partial charge in [-0.3, -0.25) is 4.79 Å². The second kappa shape index (κ2) is 3.38. The van der Waals surface area contributed by atoms with Crippen LogP contribution in [0.1, 0.15) is 0 Å². The van der Waals surface area contributed by atoms with E-state index in [-0.39, 0.29) is 11.2 Å². The SMILES string of the molecule is O=c1cc[nH]c(-c2ccc(O)cc2)c1. The number of aromatic nitrogens is 1. The van der Waals surface area contributed by atoms with Crippen molar-refractivity contribution in [3.8, 4) is 17.0 Å². The van der Waals surface area contributed by atoms with Crippen LogP contribution in [0.25, 0.3) is 11.3 Å². The summed E-state index contributed by atoms with van der Waals surface area (Å²) in [4.78, 5) is 14.0. The maximum atomic E-state index is 11.1. The maximum Gasteiger partial charge on any atom is 0.182 e. The summed E-state index contributed by atoms with van der Waals surface area (Å²) in [5.74, 6) is 0.215. The van der Waals surface area contributed by atoms with Crippen LogP contribution in [0.4, 0.5) is 0 Å². The number of pyridine rings is 1. The van der Waals surface area contributed by atoms with Crippen LogP contribution in [0.15, 0.2) is 47.4 Å². The molecule has 0 unspecified atom stereocenters. The van der Waals surface area contributed by atoms with Crippen LogP contribution in [0.2, 0.25) is 0 Å². The third-order valence-corrected chi connectivity index (χ3v) is 1.95. The van der Waals surface area contributed by atoms with Crippen LogP contribution >= 0.6 is 0 Å². The van der Waals surface area contributed by atoms with Crippen molar-refractivity contribution in [1.82, 2.24) is 4.98 Å². The Morgan fingerprint density at radius 1 is 1.07 bits per heavy atom. The lowest BCUT2D eigenvalue weighted by molar-refractivity contribution is 0.475. The van der Waals surface area contributed by atoms with Crippen molar-refractivity contribution < 1.29 is 5.11 Å². The van der Waals surface area contributed by atoms with Crippen molar-refractivity contribution in [3.05, 3.63) is 52.8 Å². The number of hydrogen-bond acceptors (Lipinski definition) is 2. The first-order chi connectivity index (χ1) is 6.75. The van der Waals surface area contributed by atoms with Gasteiger partial charge in [-0.1, -0.05) is 0 Å². The Morgan fingerprint density at radius 2 is 1.79 bits per heavy atom. The summed E-state index contributed by atoms with van der Waals surface area (Å²) in [6.07, 6.45) is 1.60. The number of H-pyrrole nitrogens is 1. The van der Waals surface area contributed by atoms with Crippen LogP contribution < -0.4 is 5.43 Å². The first kappa shape index (κ1) is 8.56. The summed E-state index contributed by atoms with van der Waals surface area (Å²) >= 11 is 0. The predicted molar refractivity (Wildman–Crippen MR) is 54.2 cm³/mol. The number of aromatic amines is 1. The largest absolute Gasteiger partial charge is 0.508 e. The Bertz CT molecular complexity index is 485. The molecule has 70 valence electrons. The quantitative estimate of drug-likeness (QED) is 0.714.